The van der Waals surface area contributed by atoms with Crippen molar-refractivity contribution in [3.05, 3.63) is 12.2 Å². The zero-order valence-corrected chi connectivity index (χ0v) is 55.7. The minimum atomic E-state index is -0.838. The van der Waals surface area contributed by atoms with Crippen LogP contribution in [0.4, 0.5) is 9.59 Å². The average molecular weight is 1200 g/mol. The van der Waals surface area contributed by atoms with Crippen LogP contribution < -0.4 is 10.6 Å². The number of amides is 2. The second-order valence-corrected chi connectivity index (χ2v) is 25.5. The predicted octanol–water partition coefficient (Wildman–Crippen LogP) is 18.1. The van der Waals surface area contributed by atoms with Crippen molar-refractivity contribution in [3.63, 3.8) is 0 Å². The van der Waals surface area contributed by atoms with E-state index in [0.717, 1.165) is 167 Å². The van der Waals surface area contributed by atoms with Crippen LogP contribution in [0.25, 0.3) is 0 Å². The fourth-order valence-electron chi connectivity index (χ4n) is 11.3. The second kappa shape index (κ2) is 55.9. The van der Waals surface area contributed by atoms with Gasteiger partial charge in [0.15, 0.2) is 6.10 Å². The molecule has 2 aliphatic heterocycles. The van der Waals surface area contributed by atoms with Gasteiger partial charge in [-0.2, -0.15) is 0 Å². The smallest absolute Gasteiger partial charge is 0.407 e. The Balaban J connectivity index is 1.68. The highest BCUT2D eigenvalue weighted by Gasteiger charge is 2.25. The molecule has 0 aliphatic carbocycles. The number of allylic oxidation sites excluding steroid dienone is 2. The van der Waals surface area contributed by atoms with E-state index in [0.29, 0.717) is 44.4 Å². The molecule has 2 amide bonds. The first kappa shape index (κ1) is 77.7. The monoisotopic (exact) mass is 1200 g/mol. The van der Waals surface area contributed by atoms with Crippen molar-refractivity contribution in [2.24, 2.45) is 0 Å². The zero-order chi connectivity index (χ0) is 61.5. The molecular formula is C71H132N4O10. The summed E-state index contributed by atoms with van der Waals surface area (Å²) < 4.78 is 28.9. The summed E-state index contributed by atoms with van der Waals surface area (Å²) in [5, 5.41) is 5.97. The first-order valence-electron chi connectivity index (χ1n) is 36.1. The van der Waals surface area contributed by atoms with E-state index in [-0.39, 0.29) is 61.9 Å². The molecule has 2 aliphatic rings. The fraction of sp³-hybridized carbons (Fsp3) is 0.901. The van der Waals surface area contributed by atoms with Crippen LogP contribution in [0.15, 0.2) is 12.2 Å². The fourth-order valence-corrected chi connectivity index (χ4v) is 11.3. The van der Waals surface area contributed by atoms with Crippen LogP contribution in [0.5, 0.6) is 0 Å². The Morgan fingerprint density at radius 1 is 0.353 bits per heavy atom. The van der Waals surface area contributed by atoms with Gasteiger partial charge < -0.3 is 34.3 Å². The van der Waals surface area contributed by atoms with Crippen LogP contribution >= 0.6 is 0 Å². The summed E-state index contributed by atoms with van der Waals surface area (Å²) in [6.45, 7) is 16.8. The molecular weight excluding hydrogens is 1070 g/mol. The number of nitrogens with one attached hydrogen (secondary N) is 2. The molecule has 0 bridgehead atoms. The molecule has 2 rings (SSSR count). The number of carbonyl (C=O) groups is 5. The Labute approximate surface area is 521 Å². The lowest BCUT2D eigenvalue weighted by Crippen LogP contribution is -2.32. The third-order valence-corrected chi connectivity index (χ3v) is 17.3. The molecule has 496 valence electrons. The van der Waals surface area contributed by atoms with Crippen LogP contribution in [-0.4, -0.2) is 123 Å². The van der Waals surface area contributed by atoms with Crippen molar-refractivity contribution < 1.29 is 47.7 Å². The maximum atomic E-state index is 13.1. The number of ether oxygens (including phenoxy) is 5. The normalized spacial score (nSPS) is 15.0. The molecule has 0 radical (unpaired) electrons. The summed E-state index contributed by atoms with van der Waals surface area (Å²) in [5.74, 6) is -0.996. The zero-order valence-electron chi connectivity index (χ0n) is 55.7. The van der Waals surface area contributed by atoms with Gasteiger partial charge in [0.05, 0.1) is 0 Å². The molecule has 2 saturated heterocycles. The third kappa shape index (κ3) is 50.2. The molecule has 85 heavy (non-hydrogen) atoms. The SMILES string of the molecule is CCCCCC/C=C/CCCCCCCCCC(=O)OCC(COC(=O)CCCCCCCCCCC(CCCCCC)OC(=O)NCCC(C)N1CC1)OC(=O)CCCCCCCCCCC(CCCCCC)OC(=O)NCCC(C)N1CC1. The van der Waals surface area contributed by atoms with Gasteiger partial charge in [0.2, 0.25) is 0 Å². The number of nitrogens with zero attached hydrogens (tertiary/aromatic N) is 2. The van der Waals surface area contributed by atoms with E-state index in [1.807, 2.05) is 0 Å². The van der Waals surface area contributed by atoms with Crippen LogP contribution in [0.3, 0.4) is 0 Å². The van der Waals surface area contributed by atoms with E-state index >= 15 is 0 Å². The predicted molar refractivity (Wildman–Crippen MR) is 349 cm³/mol. The first-order valence-corrected chi connectivity index (χ1v) is 36.1. The Morgan fingerprint density at radius 2 is 0.647 bits per heavy atom. The van der Waals surface area contributed by atoms with Crippen molar-refractivity contribution in [3.8, 4) is 0 Å². The maximum Gasteiger partial charge on any atom is 0.407 e. The highest BCUT2D eigenvalue weighted by atomic mass is 16.6. The van der Waals surface area contributed by atoms with Gasteiger partial charge in [0.1, 0.15) is 25.4 Å². The molecule has 14 heteroatoms. The number of hydrogen-bond acceptors (Lipinski definition) is 12. The van der Waals surface area contributed by atoms with Gasteiger partial charge in [-0.05, 0) is 123 Å². The van der Waals surface area contributed by atoms with Crippen LogP contribution in [0.1, 0.15) is 330 Å². The van der Waals surface area contributed by atoms with Gasteiger partial charge >= 0.3 is 30.1 Å². The summed E-state index contributed by atoms with van der Waals surface area (Å²) in [5.41, 5.74) is 0. The van der Waals surface area contributed by atoms with Gasteiger partial charge in [-0.1, -0.05) is 200 Å². The lowest BCUT2D eigenvalue weighted by Gasteiger charge is -2.19. The van der Waals surface area contributed by atoms with Crippen molar-refractivity contribution in [1.29, 1.82) is 0 Å². The summed E-state index contributed by atoms with van der Waals surface area (Å²) in [6, 6.07) is 1.01. The largest absolute Gasteiger partial charge is 0.462 e. The van der Waals surface area contributed by atoms with E-state index in [9.17, 15) is 24.0 Å². The van der Waals surface area contributed by atoms with E-state index < -0.39 is 6.10 Å². The average Bonchev–Trinajstić information content (AvgIpc) is 4.64. The molecule has 2 N–H and O–H groups in total. The van der Waals surface area contributed by atoms with Crippen LogP contribution in [0, 0.1) is 0 Å². The highest BCUT2D eigenvalue weighted by molar-refractivity contribution is 5.71. The number of esters is 3. The summed E-state index contributed by atoms with van der Waals surface area (Å²) >= 11 is 0. The highest BCUT2D eigenvalue weighted by Crippen LogP contribution is 2.21. The van der Waals surface area contributed by atoms with Crippen molar-refractivity contribution in [1.82, 2.24) is 20.4 Å². The Bertz CT molecular complexity index is 1640. The molecule has 0 spiro atoms. The Morgan fingerprint density at radius 3 is 0.988 bits per heavy atom. The molecule has 5 atom stereocenters. The quantitative estimate of drug-likeness (QED) is 0.0195. The minimum absolute atomic E-state index is 0.0213. The molecule has 14 nitrogen and oxygen atoms in total. The van der Waals surface area contributed by atoms with Crippen molar-refractivity contribution in [2.45, 2.75) is 360 Å². The Hall–Kier alpha value is -3.39. The number of unbranched alkanes of at least 4 members (excludes halogenated alkanes) is 31. The molecule has 2 heterocycles. The van der Waals surface area contributed by atoms with Crippen LogP contribution in [0.2, 0.25) is 0 Å². The number of rotatable bonds is 62. The maximum absolute atomic E-state index is 13.1. The molecule has 0 aromatic carbocycles. The third-order valence-electron chi connectivity index (χ3n) is 17.3. The van der Waals surface area contributed by atoms with Crippen molar-refractivity contribution >= 4 is 30.1 Å². The van der Waals surface area contributed by atoms with E-state index in [1.165, 1.54) is 129 Å². The van der Waals surface area contributed by atoms with Crippen LogP contribution in [-0.2, 0) is 38.1 Å². The Kier molecular flexibility index (Phi) is 51.1. The lowest BCUT2D eigenvalue weighted by atomic mass is 10.0. The van der Waals surface area contributed by atoms with E-state index in [4.69, 9.17) is 23.7 Å². The summed E-state index contributed by atoms with van der Waals surface area (Å²) in [6.07, 6.45) is 51.0. The summed E-state index contributed by atoms with van der Waals surface area (Å²) in [7, 11) is 0. The van der Waals surface area contributed by atoms with Gasteiger partial charge in [0.25, 0.3) is 0 Å². The first-order chi connectivity index (χ1) is 41.5. The number of hydrogen-bond donors (Lipinski definition) is 2. The lowest BCUT2D eigenvalue weighted by molar-refractivity contribution is -0.167. The molecule has 5 unspecified atom stereocenters. The van der Waals surface area contributed by atoms with E-state index in [1.54, 1.807) is 0 Å². The van der Waals surface area contributed by atoms with Gasteiger partial charge in [-0.3, -0.25) is 24.2 Å². The molecule has 0 aromatic rings. The van der Waals surface area contributed by atoms with Gasteiger partial charge in [-0.15, -0.1) is 0 Å². The van der Waals surface area contributed by atoms with E-state index in [2.05, 4.69) is 67.2 Å². The molecule has 0 aromatic heterocycles. The van der Waals surface area contributed by atoms with Gasteiger partial charge in [-0.25, -0.2) is 9.59 Å². The standard InChI is InChI=1S/C71H132N4O10/c1-6-9-12-15-16-17-18-19-20-21-22-23-30-35-42-49-67(76)81-60-66(83-69(78)51-44-37-32-27-25-29-34-41-48-65(46-39-14-11-8-3)85-71(80)73-55-53-63(5)75-58-59-75)61-82-68(77)50-43-36-31-26-24-28-33-40-47-64(45-38-13-10-7-2)84-70(79)72-54-52-62(4)74-56-57-74/h17-18,62-66H,6-16,19-61H2,1-5H3,(H,72,79)(H,73,80)/b18-17+. The topological polar surface area (TPSA) is 162 Å². The van der Waals surface area contributed by atoms with Crippen molar-refractivity contribution in [2.75, 3.05) is 52.5 Å². The van der Waals surface area contributed by atoms with Gasteiger partial charge in [0, 0.05) is 70.6 Å². The second-order valence-electron chi connectivity index (χ2n) is 25.5. The minimum Gasteiger partial charge on any atom is -0.462 e. The summed E-state index contributed by atoms with van der Waals surface area (Å²) in [4.78, 5) is 68.8. The molecule has 2 fully saturated rings. The number of carbonyl (C=O) groups excluding carboxylic acids is 5. The number of alkyl carbamates (subject to hydrolysis) is 2. The molecule has 0 saturated carbocycles.